The summed E-state index contributed by atoms with van der Waals surface area (Å²) < 4.78 is 39.6. The number of aromatic nitrogens is 2. The third kappa shape index (κ3) is 3.41. The van der Waals surface area contributed by atoms with Gasteiger partial charge >= 0.3 is 0 Å². The third-order valence-corrected chi connectivity index (χ3v) is 4.56. The van der Waals surface area contributed by atoms with E-state index in [1.807, 2.05) is 0 Å². The van der Waals surface area contributed by atoms with Crippen LogP contribution in [0, 0.1) is 12.7 Å². The monoisotopic (exact) mass is 333 g/mol. The molecule has 0 bridgehead atoms. The van der Waals surface area contributed by atoms with Crippen molar-refractivity contribution in [1.82, 2.24) is 14.9 Å². The van der Waals surface area contributed by atoms with E-state index in [0.717, 1.165) is 6.07 Å². The Kier molecular flexibility index (Phi) is 4.62. The summed E-state index contributed by atoms with van der Waals surface area (Å²) in [5.41, 5.74) is 1.19. The fourth-order valence-corrected chi connectivity index (χ4v) is 3.14. The van der Waals surface area contributed by atoms with Crippen LogP contribution in [-0.2, 0) is 23.2 Å². The number of hydrogen-bond donors (Lipinski definition) is 3. The number of aryl methyl sites for hydroxylation is 1. The standard InChI is InChI=1S/C12H13ClFN3O3S/c1-7-9(6-18)12(17-16-7)21(19,20)15-5-8-2-3-11(14)10(13)4-8/h2-4,15,18H,5-6H2,1H3,(H,16,17). The van der Waals surface area contributed by atoms with Crippen molar-refractivity contribution in [2.45, 2.75) is 25.1 Å². The first-order valence-corrected chi connectivity index (χ1v) is 7.79. The van der Waals surface area contributed by atoms with E-state index in [0.29, 0.717) is 11.3 Å². The van der Waals surface area contributed by atoms with Gasteiger partial charge in [-0.1, -0.05) is 17.7 Å². The number of aliphatic hydroxyl groups is 1. The lowest BCUT2D eigenvalue weighted by Crippen LogP contribution is -2.24. The summed E-state index contributed by atoms with van der Waals surface area (Å²) in [7, 11) is -3.89. The molecule has 0 saturated carbocycles. The van der Waals surface area contributed by atoms with Crippen molar-refractivity contribution < 1.29 is 17.9 Å². The minimum Gasteiger partial charge on any atom is -0.392 e. The molecule has 114 valence electrons. The quantitative estimate of drug-likeness (QED) is 0.772. The minimum atomic E-state index is -3.89. The van der Waals surface area contributed by atoms with Crippen molar-refractivity contribution >= 4 is 21.6 Å². The summed E-state index contributed by atoms with van der Waals surface area (Å²) in [6, 6.07) is 3.92. The molecule has 0 atom stereocenters. The fourth-order valence-electron chi connectivity index (χ4n) is 1.73. The molecule has 1 heterocycles. The summed E-state index contributed by atoms with van der Waals surface area (Å²) in [4.78, 5) is 0. The van der Waals surface area contributed by atoms with Crippen LogP contribution in [-0.4, -0.2) is 23.7 Å². The Morgan fingerprint density at radius 3 is 2.81 bits per heavy atom. The summed E-state index contributed by atoms with van der Waals surface area (Å²) in [6.07, 6.45) is 0. The van der Waals surface area contributed by atoms with Crippen LogP contribution in [0.15, 0.2) is 23.2 Å². The number of hydrogen-bond acceptors (Lipinski definition) is 4. The van der Waals surface area contributed by atoms with Crippen molar-refractivity contribution in [2.24, 2.45) is 0 Å². The maximum absolute atomic E-state index is 13.0. The average Bonchev–Trinajstić information content (AvgIpc) is 2.82. The Morgan fingerprint density at radius 1 is 1.48 bits per heavy atom. The summed E-state index contributed by atoms with van der Waals surface area (Å²) in [5.74, 6) is -0.575. The van der Waals surface area contributed by atoms with Crippen molar-refractivity contribution in [2.75, 3.05) is 0 Å². The highest BCUT2D eigenvalue weighted by Crippen LogP contribution is 2.18. The van der Waals surface area contributed by atoms with Gasteiger partial charge in [0.1, 0.15) is 5.82 Å². The van der Waals surface area contributed by atoms with Gasteiger partial charge in [0.15, 0.2) is 5.03 Å². The third-order valence-electron chi connectivity index (χ3n) is 2.90. The number of H-pyrrole nitrogens is 1. The Morgan fingerprint density at radius 2 is 2.19 bits per heavy atom. The predicted molar refractivity (Wildman–Crippen MR) is 74.7 cm³/mol. The highest BCUT2D eigenvalue weighted by molar-refractivity contribution is 7.89. The van der Waals surface area contributed by atoms with Crippen molar-refractivity contribution in [3.63, 3.8) is 0 Å². The van der Waals surface area contributed by atoms with E-state index in [9.17, 15) is 17.9 Å². The topological polar surface area (TPSA) is 95.1 Å². The largest absolute Gasteiger partial charge is 0.392 e. The molecule has 0 fully saturated rings. The van der Waals surface area contributed by atoms with Gasteiger partial charge < -0.3 is 5.11 Å². The number of sulfonamides is 1. The smallest absolute Gasteiger partial charge is 0.260 e. The van der Waals surface area contributed by atoms with E-state index in [4.69, 9.17) is 11.6 Å². The van der Waals surface area contributed by atoms with Crippen LogP contribution in [0.2, 0.25) is 5.02 Å². The van der Waals surface area contributed by atoms with Crippen molar-refractivity contribution in [1.29, 1.82) is 0 Å². The second kappa shape index (κ2) is 6.10. The molecule has 21 heavy (non-hydrogen) atoms. The molecule has 1 aromatic carbocycles. The second-order valence-corrected chi connectivity index (χ2v) is 6.45. The maximum atomic E-state index is 13.0. The molecule has 0 aliphatic heterocycles. The van der Waals surface area contributed by atoms with E-state index in [1.165, 1.54) is 12.1 Å². The maximum Gasteiger partial charge on any atom is 0.260 e. The minimum absolute atomic E-state index is 0.0703. The van der Waals surface area contributed by atoms with Crippen LogP contribution in [0.5, 0.6) is 0 Å². The molecule has 0 saturated heterocycles. The molecule has 0 radical (unpaired) electrons. The fraction of sp³-hybridized carbons (Fsp3) is 0.250. The molecule has 6 nitrogen and oxygen atoms in total. The van der Waals surface area contributed by atoms with E-state index in [1.54, 1.807) is 6.92 Å². The highest BCUT2D eigenvalue weighted by atomic mass is 35.5. The van der Waals surface area contributed by atoms with Gasteiger partial charge in [-0.15, -0.1) is 0 Å². The molecule has 0 aliphatic carbocycles. The van der Waals surface area contributed by atoms with Gasteiger partial charge in [0.2, 0.25) is 0 Å². The van der Waals surface area contributed by atoms with E-state index in [-0.39, 0.29) is 22.2 Å². The summed E-state index contributed by atoms with van der Waals surface area (Å²) >= 11 is 5.63. The Hall–Kier alpha value is -1.48. The van der Waals surface area contributed by atoms with Crippen LogP contribution in [0.1, 0.15) is 16.8 Å². The SMILES string of the molecule is Cc1[nH]nc(S(=O)(=O)NCc2ccc(F)c(Cl)c2)c1CO. The number of nitrogens with zero attached hydrogens (tertiary/aromatic N) is 1. The molecule has 0 aliphatic rings. The summed E-state index contributed by atoms with van der Waals surface area (Å²) in [6.45, 7) is 1.09. The van der Waals surface area contributed by atoms with Crippen molar-refractivity contribution in [3.05, 3.63) is 45.9 Å². The zero-order chi connectivity index (χ0) is 15.6. The molecule has 2 aromatic rings. The number of nitrogens with one attached hydrogen (secondary N) is 2. The zero-order valence-corrected chi connectivity index (χ0v) is 12.6. The Labute approximate surface area is 126 Å². The molecule has 0 amide bonds. The molecular formula is C12H13ClFN3O3S. The first-order valence-electron chi connectivity index (χ1n) is 5.93. The van der Waals surface area contributed by atoms with Crippen molar-refractivity contribution in [3.8, 4) is 0 Å². The van der Waals surface area contributed by atoms with Crippen LogP contribution >= 0.6 is 11.6 Å². The average molecular weight is 334 g/mol. The molecule has 0 unspecified atom stereocenters. The van der Waals surface area contributed by atoms with Gasteiger partial charge in [-0.3, -0.25) is 5.10 Å². The molecule has 1 aromatic heterocycles. The first kappa shape index (κ1) is 15.9. The van der Waals surface area contributed by atoms with E-state index >= 15 is 0 Å². The summed E-state index contributed by atoms with van der Waals surface area (Å²) in [5, 5.41) is 15.0. The lowest BCUT2D eigenvalue weighted by molar-refractivity contribution is 0.277. The predicted octanol–water partition coefficient (Wildman–Crippen LogP) is 1.48. The Bertz CT molecular complexity index is 761. The molecule has 3 N–H and O–H groups in total. The number of halogens is 2. The normalized spacial score (nSPS) is 11.8. The second-order valence-electron chi connectivity index (χ2n) is 4.36. The van der Waals surface area contributed by atoms with Gasteiger partial charge in [-0.2, -0.15) is 5.10 Å². The lowest BCUT2D eigenvalue weighted by Gasteiger charge is -2.06. The van der Waals surface area contributed by atoms with Gasteiger partial charge in [-0.25, -0.2) is 17.5 Å². The van der Waals surface area contributed by atoms with Crippen LogP contribution in [0.4, 0.5) is 4.39 Å². The van der Waals surface area contributed by atoms with Gasteiger partial charge in [-0.05, 0) is 24.6 Å². The molecule has 2 rings (SSSR count). The molecular weight excluding hydrogens is 321 g/mol. The number of aliphatic hydroxyl groups excluding tert-OH is 1. The van der Waals surface area contributed by atoms with E-state index in [2.05, 4.69) is 14.9 Å². The lowest BCUT2D eigenvalue weighted by atomic mass is 10.2. The Balaban J connectivity index is 2.19. The highest BCUT2D eigenvalue weighted by Gasteiger charge is 2.23. The number of aromatic amines is 1. The molecule has 0 spiro atoms. The molecule has 9 heteroatoms. The van der Waals surface area contributed by atoms with Crippen LogP contribution in [0.25, 0.3) is 0 Å². The van der Waals surface area contributed by atoms with Crippen LogP contribution in [0.3, 0.4) is 0 Å². The first-order chi connectivity index (χ1) is 9.85. The zero-order valence-electron chi connectivity index (χ0n) is 11.0. The van der Waals surface area contributed by atoms with Gasteiger partial charge in [0, 0.05) is 17.8 Å². The van der Waals surface area contributed by atoms with Gasteiger partial charge in [0.05, 0.1) is 11.6 Å². The number of benzene rings is 1. The van der Waals surface area contributed by atoms with Crippen LogP contribution < -0.4 is 4.72 Å². The van der Waals surface area contributed by atoms with Gasteiger partial charge in [0.25, 0.3) is 10.0 Å². The van der Waals surface area contributed by atoms with E-state index < -0.39 is 22.4 Å². The number of rotatable bonds is 5.